The van der Waals surface area contributed by atoms with Gasteiger partial charge in [0.1, 0.15) is 11.5 Å². The maximum atomic E-state index is 4.54. The highest BCUT2D eigenvalue weighted by Gasteiger charge is 2.27. The Balaban J connectivity index is 1.99. The molecule has 0 bridgehead atoms. The third-order valence-electron chi connectivity index (χ3n) is 2.90. The van der Waals surface area contributed by atoms with Gasteiger partial charge >= 0.3 is 0 Å². The van der Waals surface area contributed by atoms with Crippen molar-refractivity contribution in [2.45, 2.75) is 39.2 Å². The minimum atomic E-state index is 0.611. The Bertz CT molecular complexity index is 506. The maximum Gasteiger partial charge on any atom is 0.199 e. The quantitative estimate of drug-likeness (QED) is 0.853. The van der Waals surface area contributed by atoms with Gasteiger partial charge in [0.15, 0.2) is 5.82 Å². The molecule has 0 aromatic carbocycles. The standard InChI is InChI=1S/C11H15N5/c1-3-16-9(6-7(2)15-16)11-12-10(13-14-11)8-4-5-8/h6,8H,3-5H2,1-2H3,(H,12,13,14). The summed E-state index contributed by atoms with van der Waals surface area (Å²) in [5.74, 6) is 2.40. The van der Waals surface area contributed by atoms with E-state index < -0.39 is 0 Å². The first-order valence-electron chi connectivity index (χ1n) is 5.75. The first-order chi connectivity index (χ1) is 7.78. The Morgan fingerprint density at radius 3 is 3.00 bits per heavy atom. The largest absolute Gasteiger partial charge is 0.262 e. The third-order valence-corrected chi connectivity index (χ3v) is 2.90. The first-order valence-corrected chi connectivity index (χ1v) is 5.75. The number of hydrogen-bond donors (Lipinski definition) is 1. The summed E-state index contributed by atoms with van der Waals surface area (Å²) in [6.45, 7) is 4.91. The Morgan fingerprint density at radius 1 is 1.50 bits per heavy atom. The molecule has 0 radical (unpaired) electrons. The molecule has 1 aliphatic carbocycles. The zero-order valence-corrected chi connectivity index (χ0v) is 9.56. The molecule has 2 aromatic heterocycles. The van der Waals surface area contributed by atoms with E-state index in [1.54, 1.807) is 0 Å². The topological polar surface area (TPSA) is 59.4 Å². The van der Waals surface area contributed by atoms with Crippen molar-refractivity contribution in [3.63, 3.8) is 0 Å². The second-order valence-electron chi connectivity index (χ2n) is 4.31. The highest BCUT2D eigenvalue weighted by Crippen LogP contribution is 2.38. The van der Waals surface area contributed by atoms with Crippen LogP contribution in [0.5, 0.6) is 0 Å². The molecule has 0 aliphatic heterocycles. The molecule has 5 heteroatoms. The normalized spacial score (nSPS) is 15.6. The molecule has 84 valence electrons. The number of nitrogens with one attached hydrogen (secondary N) is 1. The average molecular weight is 217 g/mol. The lowest BCUT2D eigenvalue weighted by atomic mass is 10.3. The van der Waals surface area contributed by atoms with E-state index in [4.69, 9.17) is 0 Å². The summed E-state index contributed by atoms with van der Waals surface area (Å²) in [5, 5.41) is 11.7. The molecule has 0 atom stereocenters. The van der Waals surface area contributed by atoms with Crippen LogP contribution in [0, 0.1) is 6.92 Å². The van der Waals surface area contributed by atoms with Gasteiger partial charge in [0, 0.05) is 12.5 Å². The fourth-order valence-corrected chi connectivity index (χ4v) is 1.89. The van der Waals surface area contributed by atoms with Gasteiger partial charge in [-0.25, -0.2) is 4.98 Å². The van der Waals surface area contributed by atoms with Crippen molar-refractivity contribution < 1.29 is 0 Å². The molecule has 1 N–H and O–H groups in total. The number of aromatic nitrogens is 5. The summed E-state index contributed by atoms with van der Waals surface area (Å²) in [7, 11) is 0. The van der Waals surface area contributed by atoms with Crippen molar-refractivity contribution >= 4 is 0 Å². The van der Waals surface area contributed by atoms with E-state index in [2.05, 4.69) is 27.2 Å². The summed E-state index contributed by atoms with van der Waals surface area (Å²) in [6.07, 6.45) is 2.47. The number of hydrogen-bond acceptors (Lipinski definition) is 3. The first kappa shape index (κ1) is 9.57. The molecule has 1 saturated carbocycles. The molecule has 3 rings (SSSR count). The molecule has 1 fully saturated rings. The van der Waals surface area contributed by atoms with Crippen molar-refractivity contribution in [1.82, 2.24) is 25.0 Å². The van der Waals surface area contributed by atoms with Crippen LogP contribution in [0.15, 0.2) is 6.07 Å². The third kappa shape index (κ3) is 1.52. The smallest absolute Gasteiger partial charge is 0.199 e. The van der Waals surface area contributed by atoms with Gasteiger partial charge in [0.05, 0.1) is 5.69 Å². The van der Waals surface area contributed by atoms with E-state index in [1.165, 1.54) is 12.8 Å². The predicted molar refractivity (Wildman–Crippen MR) is 60.0 cm³/mol. The van der Waals surface area contributed by atoms with Gasteiger partial charge in [-0.1, -0.05) is 0 Å². The Morgan fingerprint density at radius 2 is 2.31 bits per heavy atom. The summed E-state index contributed by atoms with van der Waals surface area (Å²) in [6, 6.07) is 2.03. The number of rotatable bonds is 3. The van der Waals surface area contributed by atoms with Crippen molar-refractivity contribution in [3.8, 4) is 11.5 Å². The fraction of sp³-hybridized carbons (Fsp3) is 0.545. The molecule has 16 heavy (non-hydrogen) atoms. The molecule has 0 saturated heterocycles. The lowest BCUT2D eigenvalue weighted by molar-refractivity contribution is 0.657. The van der Waals surface area contributed by atoms with Crippen molar-refractivity contribution in [3.05, 3.63) is 17.6 Å². The SMILES string of the molecule is CCn1nc(C)cc1-c1n[nH]c(C2CC2)n1. The Kier molecular flexibility index (Phi) is 2.05. The molecule has 0 spiro atoms. The van der Waals surface area contributed by atoms with E-state index >= 15 is 0 Å². The lowest BCUT2D eigenvalue weighted by Gasteiger charge is -1.98. The van der Waals surface area contributed by atoms with Crippen LogP contribution in [0.2, 0.25) is 0 Å². The average Bonchev–Trinajstić information content (AvgIpc) is 2.89. The molecular weight excluding hydrogens is 202 g/mol. The maximum absolute atomic E-state index is 4.54. The summed E-state index contributed by atoms with van der Waals surface area (Å²) in [5.41, 5.74) is 2.01. The van der Waals surface area contributed by atoms with E-state index in [0.717, 1.165) is 29.6 Å². The van der Waals surface area contributed by atoms with Crippen molar-refractivity contribution in [1.29, 1.82) is 0 Å². The predicted octanol–water partition coefficient (Wildman–Crippen LogP) is 1.87. The summed E-state index contributed by atoms with van der Waals surface area (Å²) < 4.78 is 1.94. The van der Waals surface area contributed by atoms with Crippen LogP contribution in [0.3, 0.4) is 0 Å². The van der Waals surface area contributed by atoms with Crippen LogP contribution in [-0.2, 0) is 6.54 Å². The minimum Gasteiger partial charge on any atom is -0.262 e. The van der Waals surface area contributed by atoms with E-state index in [-0.39, 0.29) is 0 Å². The van der Waals surface area contributed by atoms with Gasteiger partial charge in [-0.15, -0.1) is 0 Å². The molecular formula is C11H15N5. The number of nitrogens with zero attached hydrogens (tertiary/aromatic N) is 4. The zero-order chi connectivity index (χ0) is 11.1. The number of aromatic amines is 1. The summed E-state index contributed by atoms with van der Waals surface area (Å²) >= 11 is 0. The molecule has 2 heterocycles. The molecule has 0 unspecified atom stereocenters. The van der Waals surface area contributed by atoms with Gasteiger partial charge in [0.2, 0.25) is 0 Å². The monoisotopic (exact) mass is 217 g/mol. The zero-order valence-electron chi connectivity index (χ0n) is 9.56. The number of aryl methyl sites for hydroxylation is 2. The molecule has 2 aromatic rings. The lowest BCUT2D eigenvalue weighted by Crippen LogP contribution is -2.00. The van der Waals surface area contributed by atoms with Gasteiger partial charge in [-0.2, -0.15) is 10.2 Å². The van der Waals surface area contributed by atoms with Crippen molar-refractivity contribution in [2.75, 3.05) is 0 Å². The highest BCUT2D eigenvalue weighted by molar-refractivity contribution is 5.50. The summed E-state index contributed by atoms with van der Waals surface area (Å²) in [4.78, 5) is 4.54. The Hall–Kier alpha value is -1.65. The fourth-order valence-electron chi connectivity index (χ4n) is 1.89. The molecule has 1 aliphatic rings. The second-order valence-corrected chi connectivity index (χ2v) is 4.31. The molecule has 0 amide bonds. The van der Waals surface area contributed by atoms with Gasteiger partial charge < -0.3 is 0 Å². The van der Waals surface area contributed by atoms with Gasteiger partial charge in [-0.3, -0.25) is 9.78 Å². The minimum absolute atomic E-state index is 0.611. The van der Waals surface area contributed by atoms with Crippen LogP contribution >= 0.6 is 0 Å². The molecule has 5 nitrogen and oxygen atoms in total. The van der Waals surface area contributed by atoms with Crippen LogP contribution in [0.25, 0.3) is 11.5 Å². The van der Waals surface area contributed by atoms with Crippen LogP contribution in [-0.4, -0.2) is 25.0 Å². The van der Waals surface area contributed by atoms with Gasteiger partial charge in [-0.05, 0) is 32.8 Å². The van der Waals surface area contributed by atoms with Gasteiger partial charge in [0.25, 0.3) is 0 Å². The second kappa shape index (κ2) is 3.43. The number of H-pyrrole nitrogens is 1. The Labute approximate surface area is 93.9 Å². The van der Waals surface area contributed by atoms with Crippen LogP contribution in [0.4, 0.5) is 0 Å². The van der Waals surface area contributed by atoms with E-state index in [0.29, 0.717) is 5.92 Å². The highest BCUT2D eigenvalue weighted by atomic mass is 15.3. The van der Waals surface area contributed by atoms with Crippen molar-refractivity contribution in [2.24, 2.45) is 0 Å². The van der Waals surface area contributed by atoms with E-state index in [1.807, 2.05) is 17.7 Å². The van der Waals surface area contributed by atoms with Crippen LogP contribution < -0.4 is 0 Å². The van der Waals surface area contributed by atoms with Crippen LogP contribution in [0.1, 0.15) is 37.2 Å². The van der Waals surface area contributed by atoms with E-state index in [9.17, 15) is 0 Å².